The molecule has 0 atom stereocenters. The van der Waals surface area contributed by atoms with Crippen LogP contribution in [0, 0.1) is 0 Å². The van der Waals surface area contributed by atoms with Crippen LogP contribution in [0.4, 0.5) is 0 Å². The number of nitrogens with zero attached hydrogens (tertiary/aromatic N) is 1. The van der Waals surface area contributed by atoms with E-state index in [1.165, 1.54) is 7.11 Å². The Morgan fingerprint density at radius 1 is 1.69 bits per heavy atom. The van der Waals surface area contributed by atoms with Crippen LogP contribution in [0.25, 0.3) is 6.08 Å². The van der Waals surface area contributed by atoms with Crippen molar-refractivity contribution in [3.05, 3.63) is 29.6 Å². The van der Waals surface area contributed by atoms with Gasteiger partial charge in [0, 0.05) is 6.20 Å². The van der Waals surface area contributed by atoms with E-state index in [1.807, 2.05) is 29.1 Å². The molecule has 68 valence electrons. The zero-order chi connectivity index (χ0) is 9.26. The molecule has 0 saturated heterocycles. The predicted octanol–water partition coefficient (Wildman–Crippen LogP) is 0.602. The standard InChI is InChI=1S/C9H10N2O2/c1-13-9(12)7-5-8-3-2-4-11(8)10-6-7/h2-5,10H,6H2,1H3. The zero-order valence-electron chi connectivity index (χ0n) is 7.28. The molecule has 0 aromatic carbocycles. The van der Waals surface area contributed by atoms with Crippen molar-refractivity contribution >= 4 is 12.0 Å². The van der Waals surface area contributed by atoms with E-state index in [0.29, 0.717) is 12.1 Å². The fourth-order valence-corrected chi connectivity index (χ4v) is 1.32. The van der Waals surface area contributed by atoms with Crippen LogP contribution in [0.1, 0.15) is 5.69 Å². The van der Waals surface area contributed by atoms with Crippen LogP contribution >= 0.6 is 0 Å². The Bertz CT molecular complexity index is 365. The van der Waals surface area contributed by atoms with E-state index in [-0.39, 0.29) is 5.97 Å². The highest BCUT2D eigenvalue weighted by Crippen LogP contribution is 2.12. The molecule has 2 heterocycles. The van der Waals surface area contributed by atoms with E-state index in [9.17, 15) is 4.79 Å². The summed E-state index contributed by atoms with van der Waals surface area (Å²) in [6.45, 7) is 0.508. The SMILES string of the molecule is COC(=O)C1=Cc2cccn2NC1. The largest absolute Gasteiger partial charge is 0.466 e. The molecule has 0 aliphatic carbocycles. The maximum absolute atomic E-state index is 11.2. The minimum atomic E-state index is -0.278. The molecule has 13 heavy (non-hydrogen) atoms. The van der Waals surface area contributed by atoms with Crippen molar-refractivity contribution in [1.29, 1.82) is 0 Å². The van der Waals surface area contributed by atoms with Gasteiger partial charge in [-0.05, 0) is 18.2 Å². The molecule has 0 radical (unpaired) electrons. The Morgan fingerprint density at radius 3 is 3.31 bits per heavy atom. The average molecular weight is 178 g/mol. The predicted molar refractivity (Wildman–Crippen MR) is 48.7 cm³/mol. The number of fused-ring (bicyclic) bond motifs is 1. The molecule has 4 nitrogen and oxygen atoms in total. The molecular weight excluding hydrogens is 168 g/mol. The third kappa shape index (κ3) is 1.30. The van der Waals surface area contributed by atoms with Crippen molar-refractivity contribution < 1.29 is 9.53 Å². The Balaban J connectivity index is 2.32. The van der Waals surface area contributed by atoms with Gasteiger partial charge < -0.3 is 10.2 Å². The highest BCUT2D eigenvalue weighted by atomic mass is 16.5. The summed E-state index contributed by atoms with van der Waals surface area (Å²) in [6, 6.07) is 3.84. The zero-order valence-corrected chi connectivity index (χ0v) is 7.28. The van der Waals surface area contributed by atoms with E-state index >= 15 is 0 Å². The number of carbonyl (C=O) groups is 1. The van der Waals surface area contributed by atoms with Gasteiger partial charge in [0.1, 0.15) is 0 Å². The fraction of sp³-hybridized carbons (Fsp3) is 0.222. The molecule has 1 aliphatic heterocycles. The number of aromatic nitrogens is 1. The number of hydrogen-bond acceptors (Lipinski definition) is 3. The number of hydrogen-bond donors (Lipinski definition) is 1. The van der Waals surface area contributed by atoms with Gasteiger partial charge in [-0.1, -0.05) is 0 Å². The summed E-state index contributed by atoms with van der Waals surface area (Å²) in [5.41, 5.74) is 4.67. The van der Waals surface area contributed by atoms with Crippen LogP contribution in [0.15, 0.2) is 23.9 Å². The second-order valence-electron chi connectivity index (χ2n) is 2.80. The lowest BCUT2D eigenvalue weighted by Crippen LogP contribution is -2.25. The normalized spacial score (nSPS) is 14.1. The monoisotopic (exact) mass is 178 g/mol. The van der Waals surface area contributed by atoms with E-state index in [2.05, 4.69) is 10.2 Å². The second-order valence-corrected chi connectivity index (χ2v) is 2.80. The molecule has 0 saturated carbocycles. The molecule has 1 aliphatic rings. The van der Waals surface area contributed by atoms with Gasteiger partial charge in [0.2, 0.25) is 0 Å². The van der Waals surface area contributed by atoms with E-state index in [1.54, 1.807) is 0 Å². The van der Waals surface area contributed by atoms with Gasteiger partial charge in [0.15, 0.2) is 0 Å². The Kier molecular flexibility index (Phi) is 1.81. The van der Waals surface area contributed by atoms with Gasteiger partial charge in [0.05, 0.1) is 24.9 Å². The lowest BCUT2D eigenvalue weighted by molar-refractivity contribution is -0.136. The number of nitrogens with one attached hydrogen (secondary N) is 1. The van der Waals surface area contributed by atoms with Gasteiger partial charge in [0.25, 0.3) is 0 Å². The number of methoxy groups -OCH3 is 1. The Labute approximate surface area is 75.8 Å². The van der Waals surface area contributed by atoms with Crippen LogP contribution in [-0.2, 0) is 9.53 Å². The van der Waals surface area contributed by atoms with Crippen molar-refractivity contribution in [2.24, 2.45) is 0 Å². The van der Waals surface area contributed by atoms with Crippen molar-refractivity contribution in [1.82, 2.24) is 4.68 Å². The lowest BCUT2D eigenvalue weighted by Gasteiger charge is -2.16. The van der Waals surface area contributed by atoms with Crippen LogP contribution < -0.4 is 5.43 Å². The van der Waals surface area contributed by atoms with Gasteiger partial charge in [-0.15, -0.1) is 0 Å². The molecular formula is C9H10N2O2. The van der Waals surface area contributed by atoms with Crippen molar-refractivity contribution in [3.63, 3.8) is 0 Å². The first-order valence-corrected chi connectivity index (χ1v) is 4.01. The molecule has 0 amide bonds. The minimum absolute atomic E-state index is 0.278. The number of carbonyl (C=O) groups excluding carboxylic acids is 1. The van der Waals surface area contributed by atoms with Crippen LogP contribution in [0.3, 0.4) is 0 Å². The summed E-state index contributed by atoms with van der Waals surface area (Å²) in [6.07, 6.45) is 3.72. The highest BCUT2D eigenvalue weighted by molar-refractivity contribution is 5.94. The van der Waals surface area contributed by atoms with Crippen molar-refractivity contribution in [2.75, 3.05) is 19.1 Å². The summed E-state index contributed by atoms with van der Waals surface area (Å²) in [4.78, 5) is 11.2. The molecule has 0 fully saturated rings. The van der Waals surface area contributed by atoms with Gasteiger partial charge in [-0.2, -0.15) is 0 Å². The first-order chi connectivity index (χ1) is 6.31. The number of rotatable bonds is 1. The third-order valence-corrected chi connectivity index (χ3v) is 1.99. The molecule has 1 N–H and O–H groups in total. The summed E-state index contributed by atoms with van der Waals surface area (Å²) < 4.78 is 6.49. The van der Waals surface area contributed by atoms with Crippen LogP contribution in [-0.4, -0.2) is 24.3 Å². The molecule has 4 heteroatoms. The average Bonchev–Trinajstić information content (AvgIpc) is 2.63. The summed E-state index contributed by atoms with van der Waals surface area (Å²) in [5.74, 6) is -0.278. The smallest absolute Gasteiger partial charge is 0.335 e. The third-order valence-electron chi connectivity index (χ3n) is 1.99. The Hall–Kier alpha value is -1.71. The second kappa shape index (κ2) is 2.97. The van der Waals surface area contributed by atoms with Crippen molar-refractivity contribution in [2.45, 2.75) is 0 Å². The molecule has 0 unspecified atom stereocenters. The first kappa shape index (κ1) is 7.91. The fourth-order valence-electron chi connectivity index (χ4n) is 1.32. The maximum Gasteiger partial charge on any atom is 0.335 e. The van der Waals surface area contributed by atoms with Crippen LogP contribution in [0.5, 0.6) is 0 Å². The van der Waals surface area contributed by atoms with Gasteiger partial charge >= 0.3 is 5.97 Å². The van der Waals surface area contributed by atoms with Gasteiger partial charge in [-0.3, -0.25) is 4.68 Å². The summed E-state index contributed by atoms with van der Waals surface area (Å²) in [5, 5.41) is 0. The molecule has 1 aromatic rings. The maximum atomic E-state index is 11.2. The Morgan fingerprint density at radius 2 is 2.54 bits per heavy atom. The van der Waals surface area contributed by atoms with E-state index in [4.69, 9.17) is 0 Å². The highest BCUT2D eigenvalue weighted by Gasteiger charge is 2.14. The van der Waals surface area contributed by atoms with E-state index in [0.717, 1.165) is 5.69 Å². The summed E-state index contributed by atoms with van der Waals surface area (Å²) in [7, 11) is 1.39. The number of ether oxygens (including phenoxy) is 1. The van der Waals surface area contributed by atoms with Gasteiger partial charge in [-0.25, -0.2) is 4.79 Å². The number of esters is 1. The topological polar surface area (TPSA) is 43.3 Å². The summed E-state index contributed by atoms with van der Waals surface area (Å²) >= 11 is 0. The molecule has 1 aromatic heterocycles. The van der Waals surface area contributed by atoms with Crippen LogP contribution in [0.2, 0.25) is 0 Å². The lowest BCUT2D eigenvalue weighted by atomic mass is 10.2. The minimum Gasteiger partial charge on any atom is -0.466 e. The molecule has 0 bridgehead atoms. The molecule has 0 spiro atoms. The quantitative estimate of drug-likeness (QED) is 0.640. The van der Waals surface area contributed by atoms with Crippen molar-refractivity contribution in [3.8, 4) is 0 Å². The van der Waals surface area contributed by atoms with E-state index < -0.39 is 0 Å². The first-order valence-electron chi connectivity index (χ1n) is 4.01. The molecule has 2 rings (SSSR count).